The number of aromatic nitrogens is 4. The monoisotopic (exact) mass is 340 g/mol. The minimum Gasteiger partial charge on any atom is -0.336 e. The lowest BCUT2D eigenvalue weighted by Crippen LogP contribution is -2.49. The van der Waals surface area contributed by atoms with Crippen LogP contribution in [0.1, 0.15) is 33.6 Å². The number of hydrogen-bond donors (Lipinski definition) is 1. The van der Waals surface area contributed by atoms with Gasteiger partial charge in [-0.3, -0.25) is 4.79 Å². The molecule has 4 rings (SSSR count). The van der Waals surface area contributed by atoms with E-state index in [-0.39, 0.29) is 11.9 Å². The summed E-state index contributed by atoms with van der Waals surface area (Å²) < 4.78 is 7.22. The molecule has 1 N–H and O–H groups in total. The highest BCUT2D eigenvalue weighted by atomic mass is 16.5. The minimum atomic E-state index is -0.120. The maximum absolute atomic E-state index is 13.4. The zero-order valence-corrected chi connectivity index (χ0v) is 14.5. The standard InChI is InChI=1S/C17H20N6O2/c1-10-8-12(14-11(2)21-25-16(14)20-10)17(24)23-7-4-18-9-13(23)15-19-5-6-22(15)3/h5-6,8,13,18H,4,7,9H2,1-3H3. The summed E-state index contributed by atoms with van der Waals surface area (Å²) in [5.41, 5.74) is 2.40. The molecule has 130 valence electrons. The number of aryl methyl sites for hydroxylation is 3. The average Bonchev–Trinajstić information content (AvgIpc) is 3.19. The van der Waals surface area contributed by atoms with Gasteiger partial charge in [0.1, 0.15) is 11.9 Å². The minimum absolute atomic E-state index is 0.0451. The molecule has 3 aromatic heterocycles. The summed E-state index contributed by atoms with van der Waals surface area (Å²) in [6, 6.07) is 1.69. The number of nitrogens with one attached hydrogen (secondary N) is 1. The number of fused-ring (bicyclic) bond motifs is 1. The van der Waals surface area contributed by atoms with E-state index in [4.69, 9.17) is 4.52 Å². The first-order chi connectivity index (χ1) is 12.1. The van der Waals surface area contributed by atoms with Gasteiger partial charge in [-0.25, -0.2) is 9.97 Å². The van der Waals surface area contributed by atoms with Crippen molar-refractivity contribution in [1.82, 2.24) is 29.9 Å². The summed E-state index contributed by atoms with van der Waals surface area (Å²) in [6.07, 6.45) is 3.65. The fourth-order valence-corrected chi connectivity index (χ4v) is 3.42. The molecular formula is C17H20N6O2. The van der Waals surface area contributed by atoms with Crippen LogP contribution in [0.25, 0.3) is 11.1 Å². The Labute approximate surface area is 144 Å². The molecule has 1 unspecified atom stereocenters. The third kappa shape index (κ3) is 2.58. The number of imidazole rings is 1. The lowest BCUT2D eigenvalue weighted by molar-refractivity contribution is 0.0622. The molecule has 0 spiro atoms. The highest BCUT2D eigenvalue weighted by molar-refractivity contribution is 6.06. The first kappa shape index (κ1) is 15.8. The molecule has 0 radical (unpaired) electrons. The van der Waals surface area contributed by atoms with Crippen LogP contribution in [0.3, 0.4) is 0 Å². The maximum atomic E-state index is 13.4. The number of piperazine rings is 1. The van der Waals surface area contributed by atoms with Crippen LogP contribution < -0.4 is 5.32 Å². The number of nitrogens with zero attached hydrogens (tertiary/aromatic N) is 5. The van der Waals surface area contributed by atoms with Gasteiger partial charge >= 0.3 is 0 Å². The molecule has 1 aliphatic heterocycles. The van der Waals surface area contributed by atoms with Crippen molar-refractivity contribution in [3.05, 3.63) is 41.2 Å². The van der Waals surface area contributed by atoms with Crippen LogP contribution >= 0.6 is 0 Å². The van der Waals surface area contributed by atoms with E-state index in [2.05, 4.69) is 20.4 Å². The second kappa shape index (κ2) is 5.96. The quantitative estimate of drug-likeness (QED) is 0.758. The molecule has 8 heteroatoms. The fraction of sp³-hybridized carbons (Fsp3) is 0.412. The molecule has 8 nitrogen and oxygen atoms in total. The summed E-state index contributed by atoms with van der Waals surface area (Å²) in [7, 11) is 1.94. The van der Waals surface area contributed by atoms with Crippen molar-refractivity contribution >= 4 is 17.0 Å². The van der Waals surface area contributed by atoms with Crippen molar-refractivity contribution in [2.24, 2.45) is 7.05 Å². The van der Waals surface area contributed by atoms with E-state index in [1.54, 1.807) is 6.20 Å². The summed E-state index contributed by atoms with van der Waals surface area (Å²) in [6.45, 7) is 5.72. The van der Waals surface area contributed by atoms with E-state index >= 15 is 0 Å². The summed E-state index contributed by atoms with van der Waals surface area (Å²) in [5, 5.41) is 8.01. The Morgan fingerprint density at radius 1 is 1.40 bits per heavy atom. The predicted molar refractivity (Wildman–Crippen MR) is 91.1 cm³/mol. The molecule has 1 fully saturated rings. The first-order valence-electron chi connectivity index (χ1n) is 8.29. The average molecular weight is 340 g/mol. The van der Waals surface area contributed by atoms with E-state index in [1.165, 1.54) is 0 Å². The molecule has 0 aromatic carbocycles. The van der Waals surface area contributed by atoms with Crippen molar-refractivity contribution in [2.45, 2.75) is 19.9 Å². The third-order valence-corrected chi connectivity index (χ3v) is 4.64. The SMILES string of the molecule is Cc1cc(C(=O)N2CCNCC2c2nccn2C)c2c(C)noc2n1. The number of carbonyl (C=O) groups excluding carboxylic acids is 1. The van der Waals surface area contributed by atoms with Gasteiger partial charge in [-0.05, 0) is 19.9 Å². The number of carbonyl (C=O) groups is 1. The van der Waals surface area contributed by atoms with E-state index in [1.807, 2.05) is 42.6 Å². The van der Waals surface area contributed by atoms with Gasteiger partial charge in [0.25, 0.3) is 11.6 Å². The van der Waals surface area contributed by atoms with E-state index in [0.717, 1.165) is 18.1 Å². The van der Waals surface area contributed by atoms with Crippen LogP contribution in [0, 0.1) is 13.8 Å². The molecule has 1 saturated heterocycles. The molecule has 0 aliphatic carbocycles. The Kier molecular flexibility index (Phi) is 3.76. The van der Waals surface area contributed by atoms with Crippen LogP contribution in [0.2, 0.25) is 0 Å². The van der Waals surface area contributed by atoms with Crippen molar-refractivity contribution in [3.8, 4) is 0 Å². The number of hydrogen-bond acceptors (Lipinski definition) is 6. The molecule has 1 atom stereocenters. The molecule has 1 amide bonds. The van der Waals surface area contributed by atoms with Crippen molar-refractivity contribution in [1.29, 1.82) is 0 Å². The summed E-state index contributed by atoms with van der Waals surface area (Å²) >= 11 is 0. The van der Waals surface area contributed by atoms with E-state index in [9.17, 15) is 4.79 Å². The normalized spacial score (nSPS) is 18.0. The molecule has 4 heterocycles. The van der Waals surface area contributed by atoms with Gasteiger partial charge in [-0.2, -0.15) is 0 Å². The van der Waals surface area contributed by atoms with Gasteiger partial charge in [0.2, 0.25) is 0 Å². The first-order valence-corrected chi connectivity index (χ1v) is 8.29. The Bertz CT molecular complexity index is 944. The molecule has 25 heavy (non-hydrogen) atoms. The molecular weight excluding hydrogens is 320 g/mol. The van der Waals surface area contributed by atoms with Gasteiger partial charge in [0.05, 0.1) is 16.6 Å². The van der Waals surface area contributed by atoms with Crippen molar-refractivity contribution in [2.75, 3.05) is 19.6 Å². The Morgan fingerprint density at radius 2 is 2.24 bits per heavy atom. The van der Waals surface area contributed by atoms with Gasteiger partial charge < -0.3 is 19.3 Å². The Balaban J connectivity index is 1.79. The van der Waals surface area contributed by atoms with Gasteiger partial charge in [-0.15, -0.1) is 0 Å². The van der Waals surface area contributed by atoms with Crippen LogP contribution in [0.5, 0.6) is 0 Å². The topological polar surface area (TPSA) is 89.1 Å². The smallest absolute Gasteiger partial charge is 0.258 e. The fourth-order valence-electron chi connectivity index (χ4n) is 3.42. The van der Waals surface area contributed by atoms with E-state index < -0.39 is 0 Å². The molecule has 0 bridgehead atoms. The Morgan fingerprint density at radius 3 is 3.00 bits per heavy atom. The van der Waals surface area contributed by atoms with Crippen LogP contribution in [-0.4, -0.2) is 50.1 Å². The second-order valence-corrected chi connectivity index (χ2v) is 6.37. The second-order valence-electron chi connectivity index (χ2n) is 6.37. The summed E-state index contributed by atoms with van der Waals surface area (Å²) in [4.78, 5) is 24.0. The van der Waals surface area contributed by atoms with Crippen molar-refractivity contribution in [3.63, 3.8) is 0 Å². The van der Waals surface area contributed by atoms with Crippen LogP contribution in [0.15, 0.2) is 23.0 Å². The summed E-state index contributed by atoms with van der Waals surface area (Å²) in [5.74, 6) is 0.820. The number of rotatable bonds is 2. The van der Waals surface area contributed by atoms with Crippen molar-refractivity contribution < 1.29 is 9.32 Å². The lowest BCUT2D eigenvalue weighted by Gasteiger charge is -2.36. The number of pyridine rings is 1. The molecule has 1 aliphatic rings. The third-order valence-electron chi connectivity index (χ3n) is 4.64. The van der Waals surface area contributed by atoms with Gasteiger partial charge in [-0.1, -0.05) is 5.16 Å². The highest BCUT2D eigenvalue weighted by Gasteiger charge is 2.32. The molecule has 3 aromatic rings. The van der Waals surface area contributed by atoms with Gasteiger partial charge in [0, 0.05) is 44.8 Å². The van der Waals surface area contributed by atoms with Gasteiger partial charge in [0.15, 0.2) is 0 Å². The maximum Gasteiger partial charge on any atom is 0.258 e. The highest BCUT2D eigenvalue weighted by Crippen LogP contribution is 2.27. The molecule has 0 saturated carbocycles. The van der Waals surface area contributed by atoms with Crippen LogP contribution in [-0.2, 0) is 7.05 Å². The lowest BCUT2D eigenvalue weighted by atomic mass is 10.1. The van der Waals surface area contributed by atoms with E-state index in [0.29, 0.717) is 35.4 Å². The zero-order chi connectivity index (χ0) is 17.6. The Hall–Kier alpha value is -2.74. The predicted octanol–water partition coefficient (Wildman–Crippen LogP) is 1.36. The largest absolute Gasteiger partial charge is 0.336 e. The van der Waals surface area contributed by atoms with Crippen LogP contribution in [0.4, 0.5) is 0 Å². The number of amides is 1. The zero-order valence-electron chi connectivity index (χ0n) is 14.5.